The zero-order valence-corrected chi connectivity index (χ0v) is 15.9. The van der Waals surface area contributed by atoms with Gasteiger partial charge in [0.25, 0.3) is 0 Å². The molecular formula is C21H22F3N5. The van der Waals surface area contributed by atoms with Crippen molar-refractivity contribution in [2.24, 2.45) is 4.99 Å². The van der Waals surface area contributed by atoms with E-state index in [0.29, 0.717) is 25.6 Å². The second kappa shape index (κ2) is 9.27. The number of aromatic nitrogens is 2. The molecule has 0 saturated carbocycles. The maximum atomic E-state index is 12.6. The summed E-state index contributed by atoms with van der Waals surface area (Å²) in [5.74, 6) is 0.556. The minimum absolute atomic E-state index is 0.366. The number of aliphatic imine (C=N–C) groups is 1. The van der Waals surface area contributed by atoms with Gasteiger partial charge in [0.15, 0.2) is 5.96 Å². The van der Waals surface area contributed by atoms with E-state index in [0.717, 1.165) is 23.3 Å². The van der Waals surface area contributed by atoms with Crippen molar-refractivity contribution < 1.29 is 13.2 Å². The molecule has 0 spiro atoms. The van der Waals surface area contributed by atoms with E-state index >= 15 is 0 Å². The molecule has 5 nitrogen and oxygen atoms in total. The van der Waals surface area contributed by atoms with E-state index in [4.69, 9.17) is 0 Å². The molecule has 0 aliphatic rings. The zero-order valence-electron chi connectivity index (χ0n) is 15.9. The number of hydrogen-bond donors (Lipinski definition) is 2. The Labute approximate surface area is 167 Å². The Bertz CT molecular complexity index is 931. The van der Waals surface area contributed by atoms with Crippen LogP contribution >= 0.6 is 0 Å². The van der Waals surface area contributed by atoms with Crippen molar-refractivity contribution in [1.82, 2.24) is 20.4 Å². The molecule has 0 bridgehead atoms. The minimum Gasteiger partial charge on any atom is -0.352 e. The van der Waals surface area contributed by atoms with Crippen LogP contribution in [0.5, 0.6) is 0 Å². The summed E-state index contributed by atoms with van der Waals surface area (Å²) in [6.45, 7) is 1.59. The molecule has 0 radical (unpaired) electrons. The third-order valence-corrected chi connectivity index (χ3v) is 4.30. The van der Waals surface area contributed by atoms with Crippen LogP contribution in [0.2, 0.25) is 0 Å². The van der Waals surface area contributed by atoms with E-state index in [1.54, 1.807) is 13.2 Å². The van der Waals surface area contributed by atoms with Gasteiger partial charge in [0, 0.05) is 31.9 Å². The Morgan fingerprint density at radius 2 is 1.59 bits per heavy atom. The van der Waals surface area contributed by atoms with Gasteiger partial charge in [-0.1, -0.05) is 42.5 Å². The largest absolute Gasteiger partial charge is 0.416 e. The summed E-state index contributed by atoms with van der Waals surface area (Å²) >= 11 is 0. The third kappa shape index (κ3) is 6.10. The van der Waals surface area contributed by atoms with Gasteiger partial charge in [-0.3, -0.25) is 9.67 Å². The lowest BCUT2D eigenvalue weighted by Crippen LogP contribution is -2.36. The van der Waals surface area contributed by atoms with Crippen LogP contribution in [-0.2, 0) is 25.8 Å². The lowest BCUT2D eigenvalue weighted by atomic mass is 10.1. The van der Waals surface area contributed by atoms with Crippen molar-refractivity contribution in [2.45, 2.75) is 25.8 Å². The van der Waals surface area contributed by atoms with E-state index in [1.165, 1.54) is 17.7 Å². The van der Waals surface area contributed by atoms with E-state index in [1.807, 2.05) is 41.2 Å². The maximum absolute atomic E-state index is 12.6. The first-order chi connectivity index (χ1) is 13.9. The summed E-state index contributed by atoms with van der Waals surface area (Å²) in [6, 6.07) is 15.1. The number of hydrogen-bond acceptors (Lipinski definition) is 2. The molecule has 0 saturated heterocycles. The number of nitrogens with zero attached hydrogens (tertiary/aromatic N) is 3. The van der Waals surface area contributed by atoms with Crippen LogP contribution in [-0.4, -0.2) is 22.8 Å². The maximum Gasteiger partial charge on any atom is 0.416 e. The Hall–Kier alpha value is -3.29. The SMILES string of the molecule is CN=C(NCc1ccc(C(F)(F)F)cc1)NCc1cnn(Cc2ccccc2)c1. The first-order valence-corrected chi connectivity index (χ1v) is 9.10. The van der Waals surface area contributed by atoms with Gasteiger partial charge < -0.3 is 10.6 Å². The number of halogens is 3. The number of guanidine groups is 1. The van der Waals surface area contributed by atoms with E-state index in [-0.39, 0.29) is 0 Å². The average molecular weight is 401 g/mol. The molecule has 0 atom stereocenters. The summed E-state index contributed by atoms with van der Waals surface area (Å²) in [6.07, 6.45) is -0.573. The van der Waals surface area contributed by atoms with Crippen LogP contribution < -0.4 is 10.6 Å². The summed E-state index contributed by atoms with van der Waals surface area (Å²) in [4.78, 5) is 4.14. The second-order valence-corrected chi connectivity index (χ2v) is 6.51. The summed E-state index contributed by atoms with van der Waals surface area (Å²) < 4.78 is 39.7. The van der Waals surface area contributed by atoms with Gasteiger partial charge >= 0.3 is 6.18 Å². The fourth-order valence-corrected chi connectivity index (χ4v) is 2.76. The molecule has 3 aromatic rings. The molecular weight excluding hydrogens is 379 g/mol. The standard InChI is InChI=1S/C21H22F3N5/c1-25-20(26-11-16-7-9-19(10-8-16)21(22,23)24)27-12-18-13-28-29(15-18)14-17-5-3-2-4-6-17/h2-10,13,15H,11-12,14H2,1H3,(H2,25,26,27). The molecule has 0 aliphatic heterocycles. The fraction of sp³-hybridized carbons (Fsp3) is 0.238. The zero-order chi connectivity index (χ0) is 20.7. The lowest BCUT2D eigenvalue weighted by molar-refractivity contribution is -0.137. The van der Waals surface area contributed by atoms with E-state index < -0.39 is 11.7 Å². The van der Waals surface area contributed by atoms with E-state index in [2.05, 4.69) is 20.7 Å². The van der Waals surface area contributed by atoms with Crippen molar-refractivity contribution in [3.63, 3.8) is 0 Å². The predicted octanol–water partition coefficient (Wildman–Crippen LogP) is 3.82. The van der Waals surface area contributed by atoms with Gasteiger partial charge in [-0.15, -0.1) is 0 Å². The van der Waals surface area contributed by atoms with E-state index in [9.17, 15) is 13.2 Å². The number of rotatable bonds is 6. The summed E-state index contributed by atoms with van der Waals surface area (Å²) in [7, 11) is 1.64. The fourth-order valence-electron chi connectivity index (χ4n) is 2.76. The normalized spacial score (nSPS) is 12.1. The Morgan fingerprint density at radius 1 is 0.931 bits per heavy atom. The molecule has 29 heavy (non-hydrogen) atoms. The number of alkyl halides is 3. The molecule has 3 rings (SSSR count). The van der Waals surface area contributed by atoms with Gasteiger partial charge in [-0.2, -0.15) is 18.3 Å². The van der Waals surface area contributed by atoms with Crippen LogP contribution in [0.4, 0.5) is 13.2 Å². The molecule has 152 valence electrons. The van der Waals surface area contributed by atoms with Crippen molar-refractivity contribution in [2.75, 3.05) is 7.05 Å². The Morgan fingerprint density at radius 3 is 2.21 bits per heavy atom. The van der Waals surface area contributed by atoms with Gasteiger partial charge in [-0.05, 0) is 23.3 Å². The monoisotopic (exact) mass is 401 g/mol. The highest BCUT2D eigenvalue weighted by molar-refractivity contribution is 5.79. The smallest absolute Gasteiger partial charge is 0.352 e. The van der Waals surface area contributed by atoms with Crippen LogP contribution in [0.3, 0.4) is 0 Å². The number of benzene rings is 2. The van der Waals surface area contributed by atoms with Crippen LogP contribution in [0.25, 0.3) is 0 Å². The molecule has 0 unspecified atom stereocenters. The average Bonchev–Trinajstić information content (AvgIpc) is 3.16. The number of nitrogens with one attached hydrogen (secondary N) is 2. The van der Waals surface area contributed by atoms with Crippen LogP contribution in [0, 0.1) is 0 Å². The predicted molar refractivity (Wildman–Crippen MR) is 106 cm³/mol. The highest BCUT2D eigenvalue weighted by atomic mass is 19.4. The quantitative estimate of drug-likeness (QED) is 0.488. The second-order valence-electron chi connectivity index (χ2n) is 6.51. The molecule has 2 aromatic carbocycles. The molecule has 8 heteroatoms. The van der Waals surface area contributed by atoms with Crippen molar-refractivity contribution in [3.8, 4) is 0 Å². The van der Waals surface area contributed by atoms with Gasteiger partial charge in [0.2, 0.25) is 0 Å². The molecule has 2 N–H and O–H groups in total. The van der Waals surface area contributed by atoms with Crippen LogP contribution in [0.1, 0.15) is 22.3 Å². The Balaban J connectivity index is 1.48. The van der Waals surface area contributed by atoms with Gasteiger partial charge in [-0.25, -0.2) is 0 Å². The van der Waals surface area contributed by atoms with Gasteiger partial charge in [0.1, 0.15) is 0 Å². The Kier molecular flexibility index (Phi) is 6.54. The topological polar surface area (TPSA) is 54.2 Å². The first-order valence-electron chi connectivity index (χ1n) is 9.10. The van der Waals surface area contributed by atoms with Crippen molar-refractivity contribution >= 4 is 5.96 Å². The van der Waals surface area contributed by atoms with Crippen molar-refractivity contribution in [3.05, 3.63) is 89.2 Å². The van der Waals surface area contributed by atoms with Crippen LogP contribution in [0.15, 0.2) is 72.0 Å². The molecule has 1 heterocycles. The molecule has 0 aliphatic carbocycles. The van der Waals surface area contributed by atoms with Crippen molar-refractivity contribution in [1.29, 1.82) is 0 Å². The highest BCUT2D eigenvalue weighted by Crippen LogP contribution is 2.29. The molecule has 1 aromatic heterocycles. The van der Waals surface area contributed by atoms with Gasteiger partial charge in [0.05, 0.1) is 18.3 Å². The third-order valence-electron chi connectivity index (χ3n) is 4.30. The summed E-state index contributed by atoms with van der Waals surface area (Å²) in [5.41, 5.74) is 2.25. The molecule has 0 fully saturated rings. The minimum atomic E-state index is -4.32. The highest BCUT2D eigenvalue weighted by Gasteiger charge is 2.29. The lowest BCUT2D eigenvalue weighted by Gasteiger charge is -2.12. The summed E-state index contributed by atoms with van der Waals surface area (Å²) in [5, 5.41) is 10.6. The molecule has 0 amide bonds. The first kappa shape index (κ1) is 20.4.